The molecule has 2 aromatic heterocycles. The van der Waals surface area contributed by atoms with Gasteiger partial charge in [-0.3, -0.25) is 5.32 Å². The van der Waals surface area contributed by atoms with E-state index in [-0.39, 0.29) is 12.7 Å². The number of H-pyrrole nitrogens is 1. The molecule has 0 atom stereocenters. The number of nitrogens with one attached hydrogen (secondary N) is 2. The van der Waals surface area contributed by atoms with Crippen LogP contribution in [0, 0.1) is 0 Å². The highest BCUT2D eigenvalue weighted by Crippen LogP contribution is 2.30. The first-order chi connectivity index (χ1) is 16.2. The van der Waals surface area contributed by atoms with Crippen molar-refractivity contribution in [2.24, 2.45) is 0 Å². The van der Waals surface area contributed by atoms with Crippen LogP contribution in [0.5, 0.6) is 0 Å². The third kappa shape index (κ3) is 5.69. The molecule has 34 heavy (non-hydrogen) atoms. The van der Waals surface area contributed by atoms with E-state index in [1.165, 1.54) is 0 Å². The van der Waals surface area contributed by atoms with Crippen molar-refractivity contribution < 1.29 is 19.1 Å². The van der Waals surface area contributed by atoms with Crippen molar-refractivity contribution >= 4 is 46.1 Å². The van der Waals surface area contributed by atoms with Gasteiger partial charge in [0.15, 0.2) is 0 Å². The summed E-state index contributed by atoms with van der Waals surface area (Å²) >= 11 is 6.11. The number of halogens is 1. The van der Waals surface area contributed by atoms with Crippen LogP contribution < -0.4 is 5.32 Å². The lowest BCUT2D eigenvalue weighted by Crippen LogP contribution is -2.39. The van der Waals surface area contributed by atoms with Crippen molar-refractivity contribution in [2.75, 3.05) is 18.4 Å². The normalized spacial score (nSPS) is 14.0. The summed E-state index contributed by atoms with van der Waals surface area (Å²) in [6.45, 7) is 6.66. The number of aromatic nitrogens is 2. The van der Waals surface area contributed by atoms with Gasteiger partial charge >= 0.3 is 12.2 Å². The fraction of sp³-hybridized carbons (Fsp3) is 0.320. The van der Waals surface area contributed by atoms with Gasteiger partial charge in [0.1, 0.15) is 17.9 Å². The molecule has 0 radical (unpaired) electrons. The van der Waals surface area contributed by atoms with Gasteiger partial charge in [0, 0.05) is 40.8 Å². The molecule has 0 spiro atoms. The number of rotatable bonds is 4. The number of amides is 2. The van der Waals surface area contributed by atoms with Crippen molar-refractivity contribution in [1.82, 2.24) is 14.9 Å². The molecule has 3 heterocycles. The van der Waals surface area contributed by atoms with Gasteiger partial charge < -0.3 is 19.4 Å². The standard InChI is InChI=1S/C25H27ClN4O4/c1-25(2,3)34-24(32)30-10-8-16(9-11-30)20-14-28-22-19(20)12-18(13-27-22)29-23(31)33-15-17-6-4-5-7-21(17)26/h4-8,12-14H,9-11,15H2,1-3H3,(H,27,28)(H,29,31). The lowest BCUT2D eigenvalue weighted by molar-refractivity contribution is 0.0270. The molecule has 1 aliphatic rings. The smallest absolute Gasteiger partial charge is 0.412 e. The summed E-state index contributed by atoms with van der Waals surface area (Å²) in [6.07, 6.45) is 5.26. The molecule has 1 aromatic carbocycles. The molecule has 1 aliphatic heterocycles. The maximum Gasteiger partial charge on any atom is 0.412 e. The second-order valence-corrected chi connectivity index (χ2v) is 9.43. The van der Waals surface area contributed by atoms with Gasteiger partial charge in [0.05, 0.1) is 11.9 Å². The number of carbonyl (C=O) groups is 2. The van der Waals surface area contributed by atoms with Crippen LogP contribution >= 0.6 is 11.6 Å². The highest BCUT2D eigenvalue weighted by Gasteiger charge is 2.24. The molecule has 0 aliphatic carbocycles. The molecule has 3 aromatic rings. The van der Waals surface area contributed by atoms with E-state index in [9.17, 15) is 9.59 Å². The van der Waals surface area contributed by atoms with E-state index in [1.807, 2.05) is 51.2 Å². The van der Waals surface area contributed by atoms with E-state index >= 15 is 0 Å². The largest absolute Gasteiger partial charge is 0.444 e. The first-order valence-corrected chi connectivity index (χ1v) is 11.4. The Bertz CT molecular complexity index is 1250. The fourth-order valence-corrected chi connectivity index (χ4v) is 3.85. The van der Waals surface area contributed by atoms with Crippen molar-refractivity contribution in [3.63, 3.8) is 0 Å². The molecule has 178 valence electrons. The Morgan fingerprint density at radius 2 is 2.06 bits per heavy atom. The molecular formula is C25H27ClN4O4. The van der Waals surface area contributed by atoms with Crippen molar-refractivity contribution in [3.05, 3.63) is 65.0 Å². The van der Waals surface area contributed by atoms with E-state index in [1.54, 1.807) is 23.2 Å². The molecule has 2 N–H and O–H groups in total. The van der Waals surface area contributed by atoms with E-state index in [0.29, 0.717) is 35.9 Å². The number of carbonyl (C=O) groups excluding carboxylic acids is 2. The van der Waals surface area contributed by atoms with Crippen LogP contribution in [0.15, 0.2) is 48.8 Å². The number of hydrogen-bond donors (Lipinski definition) is 2. The summed E-state index contributed by atoms with van der Waals surface area (Å²) in [5.41, 5.74) is 3.52. The number of nitrogens with zero attached hydrogens (tertiary/aromatic N) is 2. The number of anilines is 1. The van der Waals surface area contributed by atoms with Crippen LogP contribution in [-0.2, 0) is 16.1 Å². The minimum atomic E-state index is -0.594. The quantitative estimate of drug-likeness (QED) is 0.476. The summed E-state index contributed by atoms with van der Waals surface area (Å²) in [5, 5.41) is 4.14. The number of pyridine rings is 1. The highest BCUT2D eigenvalue weighted by atomic mass is 35.5. The van der Waals surface area contributed by atoms with Crippen LogP contribution in [0.4, 0.5) is 15.3 Å². The summed E-state index contributed by atoms with van der Waals surface area (Å²) in [6, 6.07) is 9.05. The van der Waals surface area contributed by atoms with E-state index < -0.39 is 11.7 Å². The molecule has 0 unspecified atom stereocenters. The topological polar surface area (TPSA) is 96.5 Å². The molecule has 4 rings (SSSR count). The SMILES string of the molecule is CC(C)(C)OC(=O)N1CC=C(c2c[nH]c3ncc(NC(=O)OCc4ccccc4Cl)cc23)CC1. The molecular weight excluding hydrogens is 456 g/mol. The first-order valence-electron chi connectivity index (χ1n) is 11.0. The number of fused-ring (bicyclic) bond motifs is 1. The number of hydrogen-bond acceptors (Lipinski definition) is 5. The van der Waals surface area contributed by atoms with Crippen LogP contribution in [0.2, 0.25) is 5.02 Å². The Hall–Kier alpha value is -3.52. The zero-order valence-corrected chi connectivity index (χ0v) is 20.1. The maximum absolute atomic E-state index is 12.3. The molecule has 8 nitrogen and oxygen atoms in total. The van der Waals surface area contributed by atoms with Crippen LogP contribution in [-0.4, -0.2) is 45.7 Å². The molecule has 0 saturated heterocycles. The summed E-state index contributed by atoms with van der Waals surface area (Å²) in [4.78, 5) is 33.9. The van der Waals surface area contributed by atoms with E-state index in [0.717, 1.165) is 22.1 Å². The molecule has 0 saturated carbocycles. The van der Waals surface area contributed by atoms with Crippen LogP contribution in [0.1, 0.15) is 38.3 Å². The molecule has 0 fully saturated rings. The second kappa shape index (κ2) is 9.77. The van der Waals surface area contributed by atoms with Crippen molar-refractivity contribution in [3.8, 4) is 0 Å². The summed E-state index contributed by atoms with van der Waals surface area (Å²) in [7, 11) is 0. The third-order valence-electron chi connectivity index (χ3n) is 5.30. The van der Waals surface area contributed by atoms with E-state index in [4.69, 9.17) is 21.1 Å². The summed E-state index contributed by atoms with van der Waals surface area (Å²) in [5.74, 6) is 0. The Balaban J connectivity index is 1.43. The third-order valence-corrected chi connectivity index (χ3v) is 5.67. The molecule has 9 heteroatoms. The van der Waals surface area contributed by atoms with Crippen LogP contribution in [0.3, 0.4) is 0 Å². The second-order valence-electron chi connectivity index (χ2n) is 9.02. The van der Waals surface area contributed by atoms with Gasteiger partial charge in [-0.2, -0.15) is 0 Å². The number of aromatic amines is 1. The van der Waals surface area contributed by atoms with Crippen LogP contribution in [0.25, 0.3) is 16.6 Å². The zero-order valence-electron chi connectivity index (χ0n) is 19.4. The minimum Gasteiger partial charge on any atom is -0.444 e. The van der Waals surface area contributed by atoms with Gasteiger partial charge in [0.25, 0.3) is 0 Å². The maximum atomic E-state index is 12.3. The van der Waals surface area contributed by atoms with Crippen molar-refractivity contribution in [1.29, 1.82) is 0 Å². The molecule has 0 bridgehead atoms. The average Bonchev–Trinajstić information content (AvgIpc) is 3.21. The van der Waals surface area contributed by atoms with Gasteiger partial charge in [-0.25, -0.2) is 14.6 Å². The lowest BCUT2D eigenvalue weighted by Gasteiger charge is -2.29. The van der Waals surface area contributed by atoms with E-state index in [2.05, 4.69) is 15.3 Å². The Morgan fingerprint density at radius 3 is 2.76 bits per heavy atom. The first kappa shape index (κ1) is 23.6. The predicted molar refractivity (Wildman–Crippen MR) is 132 cm³/mol. The van der Waals surface area contributed by atoms with Gasteiger partial charge in [0.2, 0.25) is 0 Å². The Labute approximate surface area is 202 Å². The minimum absolute atomic E-state index is 0.0671. The lowest BCUT2D eigenvalue weighted by atomic mass is 9.99. The number of benzene rings is 1. The van der Waals surface area contributed by atoms with Gasteiger partial charge in [-0.05, 0) is 44.9 Å². The monoisotopic (exact) mass is 482 g/mol. The zero-order chi connectivity index (χ0) is 24.3. The summed E-state index contributed by atoms with van der Waals surface area (Å²) < 4.78 is 10.8. The predicted octanol–water partition coefficient (Wildman–Crippen LogP) is 5.99. The van der Waals surface area contributed by atoms with Crippen molar-refractivity contribution in [2.45, 2.75) is 39.4 Å². The number of ether oxygens (including phenoxy) is 2. The Kier molecular flexibility index (Phi) is 6.79. The highest BCUT2D eigenvalue weighted by molar-refractivity contribution is 6.31. The Morgan fingerprint density at radius 1 is 1.26 bits per heavy atom. The van der Waals surface area contributed by atoms with Gasteiger partial charge in [-0.1, -0.05) is 35.9 Å². The average molecular weight is 483 g/mol. The fourth-order valence-electron chi connectivity index (χ4n) is 3.66. The van der Waals surface area contributed by atoms with Gasteiger partial charge in [-0.15, -0.1) is 0 Å². The molecule has 2 amide bonds.